The molecule has 0 amide bonds. The molecule has 1 N–H and O–H groups in total. The molecule has 0 aliphatic heterocycles. The predicted molar refractivity (Wildman–Crippen MR) is 57.6 cm³/mol. The number of aromatic nitrogens is 2. The maximum Gasteiger partial charge on any atom is 0.125 e. The lowest BCUT2D eigenvalue weighted by Gasteiger charge is -2.03. The lowest BCUT2D eigenvalue weighted by atomic mass is 10.2. The van der Waals surface area contributed by atoms with Gasteiger partial charge in [0.05, 0.1) is 5.69 Å². The number of pyridine rings is 1. The molecule has 0 saturated carbocycles. The first-order chi connectivity index (χ1) is 7.45. The summed E-state index contributed by atoms with van der Waals surface area (Å²) in [7, 11) is 0. The number of aryl methyl sites for hydroxylation is 1. The predicted octanol–water partition coefficient (Wildman–Crippen LogP) is 2.11. The summed E-state index contributed by atoms with van der Waals surface area (Å²) in [6, 6.07) is 7.71. The van der Waals surface area contributed by atoms with Gasteiger partial charge >= 0.3 is 0 Å². The van der Waals surface area contributed by atoms with Crippen LogP contribution in [0.25, 0.3) is 0 Å². The number of hydrogen-bond donors (Lipinski definition) is 1. The van der Waals surface area contributed by atoms with Gasteiger partial charge in [0.1, 0.15) is 12.1 Å². The zero-order valence-electron chi connectivity index (χ0n) is 8.39. The molecular weight excluding hydrogens is 190 g/mol. The monoisotopic (exact) mass is 203 g/mol. The van der Waals surface area contributed by atoms with Crippen LogP contribution in [0.15, 0.2) is 41.2 Å². The summed E-state index contributed by atoms with van der Waals surface area (Å²) in [5.74, 6) is 0.914. The van der Waals surface area contributed by atoms with Gasteiger partial charge < -0.3 is 9.84 Å². The second-order valence-corrected chi connectivity index (χ2v) is 3.24. The summed E-state index contributed by atoms with van der Waals surface area (Å²) < 4.78 is 4.75. The van der Waals surface area contributed by atoms with Crippen molar-refractivity contribution in [3.8, 4) is 0 Å². The van der Waals surface area contributed by atoms with E-state index in [1.54, 1.807) is 12.5 Å². The molecule has 0 aliphatic carbocycles. The highest BCUT2D eigenvalue weighted by atomic mass is 16.5. The molecule has 78 valence electrons. The summed E-state index contributed by atoms with van der Waals surface area (Å²) in [6.07, 6.45) is 5.32. The fourth-order valence-electron chi connectivity index (χ4n) is 1.32. The molecular formula is C11H13N3O. The van der Waals surface area contributed by atoms with Gasteiger partial charge in [-0.3, -0.25) is 0 Å². The van der Waals surface area contributed by atoms with Gasteiger partial charge in [-0.2, -0.15) is 0 Å². The molecule has 0 fully saturated rings. The number of rotatable bonds is 5. The third kappa shape index (κ3) is 3.09. The molecule has 2 heterocycles. The third-order valence-electron chi connectivity index (χ3n) is 2.07. The van der Waals surface area contributed by atoms with E-state index >= 15 is 0 Å². The van der Waals surface area contributed by atoms with Crippen LogP contribution in [-0.4, -0.2) is 16.7 Å². The van der Waals surface area contributed by atoms with Crippen molar-refractivity contribution in [1.29, 1.82) is 0 Å². The fourth-order valence-corrected chi connectivity index (χ4v) is 1.32. The van der Waals surface area contributed by atoms with E-state index < -0.39 is 0 Å². The Morgan fingerprint density at radius 1 is 1.27 bits per heavy atom. The molecule has 2 rings (SSSR count). The molecule has 0 bridgehead atoms. The molecule has 0 spiro atoms. The summed E-state index contributed by atoms with van der Waals surface area (Å²) >= 11 is 0. The molecule has 0 atom stereocenters. The molecule has 4 nitrogen and oxygen atoms in total. The fraction of sp³-hybridized carbons (Fsp3) is 0.273. The Morgan fingerprint density at radius 3 is 3.00 bits per heavy atom. The lowest BCUT2D eigenvalue weighted by Crippen LogP contribution is -2.04. The standard InChI is InChI=1S/C11H13N3O/c1-2-7-12-11(5-1)13-8-3-4-10-6-9-15-14-10/h1-2,5-7,9H,3-4,8H2,(H,12,13). The smallest absolute Gasteiger partial charge is 0.125 e. The van der Waals surface area contributed by atoms with Gasteiger partial charge in [-0.05, 0) is 25.0 Å². The van der Waals surface area contributed by atoms with Gasteiger partial charge in [0.15, 0.2) is 0 Å². The van der Waals surface area contributed by atoms with Gasteiger partial charge in [0.2, 0.25) is 0 Å². The molecule has 2 aromatic rings. The van der Waals surface area contributed by atoms with Crippen LogP contribution >= 0.6 is 0 Å². The SMILES string of the molecule is c1ccc(NCCCc2ccon2)nc1. The minimum atomic E-state index is 0.893. The molecule has 0 radical (unpaired) electrons. The van der Waals surface area contributed by atoms with E-state index in [1.165, 1.54) is 0 Å². The van der Waals surface area contributed by atoms with Crippen molar-refractivity contribution < 1.29 is 4.52 Å². The number of nitrogens with one attached hydrogen (secondary N) is 1. The first kappa shape index (κ1) is 9.71. The Hall–Kier alpha value is -1.84. The molecule has 0 unspecified atom stereocenters. The maximum absolute atomic E-state index is 4.75. The Balaban J connectivity index is 1.68. The quantitative estimate of drug-likeness (QED) is 0.756. The average Bonchev–Trinajstić information content (AvgIpc) is 2.79. The van der Waals surface area contributed by atoms with Crippen molar-refractivity contribution in [2.24, 2.45) is 0 Å². The zero-order valence-corrected chi connectivity index (χ0v) is 8.39. The second kappa shape index (κ2) is 5.14. The summed E-state index contributed by atoms with van der Waals surface area (Å²) in [5.41, 5.74) is 0.998. The van der Waals surface area contributed by atoms with Crippen LogP contribution in [0.5, 0.6) is 0 Å². The first-order valence-corrected chi connectivity index (χ1v) is 4.99. The Morgan fingerprint density at radius 2 is 2.27 bits per heavy atom. The van der Waals surface area contributed by atoms with E-state index in [1.807, 2.05) is 24.3 Å². The molecule has 0 aromatic carbocycles. The minimum Gasteiger partial charge on any atom is -0.370 e. The molecule has 4 heteroatoms. The topological polar surface area (TPSA) is 51.0 Å². The minimum absolute atomic E-state index is 0.893. The van der Waals surface area contributed by atoms with Crippen molar-refractivity contribution in [2.45, 2.75) is 12.8 Å². The lowest BCUT2D eigenvalue weighted by molar-refractivity contribution is 0.411. The van der Waals surface area contributed by atoms with Gasteiger partial charge in [-0.15, -0.1) is 0 Å². The van der Waals surface area contributed by atoms with Gasteiger partial charge in [-0.1, -0.05) is 11.2 Å². The van der Waals surface area contributed by atoms with Gasteiger partial charge in [0, 0.05) is 18.8 Å². The van der Waals surface area contributed by atoms with Crippen molar-refractivity contribution in [3.63, 3.8) is 0 Å². The van der Waals surface area contributed by atoms with Crippen LogP contribution in [0, 0.1) is 0 Å². The largest absolute Gasteiger partial charge is 0.370 e. The normalized spacial score (nSPS) is 10.1. The summed E-state index contributed by atoms with van der Waals surface area (Å²) in [5, 5.41) is 7.08. The molecule has 15 heavy (non-hydrogen) atoms. The Bertz CT molecular complexity index is 372. The maximum atomic E-state index is 4.75. The van der Waals surface area contributed by atoms with Crippen LogP contribution < -0.4 is 5.32 Å². The Kier molecular flexibility index (Phi) is 3.33. The van der Waals surface area contributed by atoms with Crippen molar-refractivity contribution in [1.82, 2.24) is 10.1 Å². The van der Waals surface area contributed by atoms with E-state index in [-0.39, 0.29) is 0 Å². The number of nitrogens with zero attached hydrogens (tertiary/aromatic N) is 2. The average molecular weight is 203 g/mol. The van der Waals surface area contributed by atoms with Crippen molar-refractivity contribution >= 4 is 5.82 Å². The van der Waals surface area contributed by atoms with Crippen molar-refractivity contribution in [2.75, 3.05) is 11.9 Å². The highest BCUT2D eigenvalue weighted by molar-refractivity contribution is 5.32. The molecule has 0 saturated heterocycles. The van der Waals surface area contributed by atoms with E-state index in [0.29, 0.717) is 0 Å². The first-order valence-electron chi connectivity index (χ1n) is 4.99. The van der Waals surface area contributed by atoms with Gasteiger partial charge in [-0.25, -0.2) is 4.98 Å². The summed E-state index contributed by atoms with van der Waals surface area (Å²) in [6.45, 7) is 0.893. The highest BCUT2D eigenvalue weighted by Crippen LogP contribution is 2.02. The number of hydrogen-bond acceptors (Lipinski definition) is 4. The van der Waals surface area contributed by atoms with Crippen LogP contribution in [0.4, 0.5) is 5.82 Å². The van der Waals surface area contributed by atoms with Gasteiger partial charge in [0.25, 0.3) is 0 Å². The van der Waals surface area contributed by atoms with Crippen LogP contribution in [-0.2, 0) is 6.42 Å². The summed E-state index contributed by atoms with van der Waals surface area (Å²) in [4.78, 5) is 4.17. The van der Waals surface area contributed by atoms with E-state index in [9.17, 15) is 0 Å². The second-order valence-electron chi connectivity index (χ2n) is 3.24. The van der Waals surface area contributed by atoms with Crippen LogP contribution in [0.2, 0.25) is 0 Å². The van der Waals surface area contributed by atoms with E-state index in [0.717, 1.165) is 30.9 Å². The zero-order chi connectivity index (χ0) is 10.3. The highest BCUT2D eigenvalue weighted by Gasteiger charge is 1.96. The van der Waals surface area contributed by atoms with E-state index in [2.05, 4.69) is 15.5 Å². The van der Waals surface area contributed by atoms with Crippen LogP contribution in [0.3, 0.4) is 0 Å². The molecule has 0 aliphatic rings. The number of anilines is 1. The Labute approximate surface area is 88.3 Å². The van der Waals surface area contributed by atoms with Crippen LogP contribution in [0.1, 0.15) is 12.1 Å². The molecule has 2 aromatic heterocycles. The van der Waals surface area contributed by atoms with E-state index in [4.69, 9.17) is 4.52 Å². The third-order valence-corrected chi connectivity index (χ3v) is 2.07. The van der Waals surface area contributed by atoms with Crippen molar-refractivity contribution in [3.05, 3.63) is 42.4 Å².